The molecule has 4 N–H and O–H groups in total. The molecule has 0 spiro atoms. The quantitative estimate of drug-likeness (QED) is 0.395. The predicted octanol–water partition coefficient (Wildman–Crippen LogP) is 0.497. The van der Waals surface area contributed by atoms with E-state index in [1.54, 1.807) is 6.92 Å². The smallest absolute Gasteiger partial charge is 0.322 e. The van der Waals surface area contributed by atoms with Crippen LogP contribution < -0.4 is 11.5 Å². The molecule has 0 rings (SSSR count). The van der Waals surface area contributed by atoms with Crippen molar-refractivity contribution in [1.82, 2.24) is 0 Å². The van der Waals surface area contributed by atoms with Gasteiger partial charge in [0.25, 0.3) is 0 Å². The maximum Gasteiger partial charge on any atom is 0.322 e. The van der Waals surface area contributed by atoms with Crippen LogP contribution in [0.25, 0.3) is 0 Å². The van der Waals surface area contributed by atoms with E-state index < -0.39 is 12.0 Å². The van der Waals surface area contributed by atoms with Crippen LogP contribution >= 0.6 is 0 Å². The van der Waals surface area contributed by atoms with Crippen LogP contribution in [0, 0.1) is 0 Å². The van der Waals surface area contributed by atoms with Crippen molar-refractivity contribution in [3.8, 4) is 0 Å². The van der Waals surface area contributed by atoms with Crippen LogP contribution in [0.5, 0.6) is 0 Å². The Morgan fingerprint density at radius 1 is 1.62 bits per heavy atom. The molecule has 5 nitrogen and oxygen atoms in total. The number of carbonyl (C=O) groups excluding carboxylic acids is 1. The maximum absolute atomic E-state index is 13.0. The summed E-state index contributed by atoms with van der Waals surface area (Å²) >= 11 is 0. The van der Waals surface area contributed by atoms with Crippen molar-refractivity contribution in [2.75, 3.05) is 13.7 Å². The second-order valence-corrected chi connectivity index (χ2v) is 3.32. The van der Waals surface area contributed by atoms with Crippen LogP contribution in [-0.4, -0.2) is 31.5 Å². The maximum atomic E-state index is 13.0. The third-order valence-corrected chi connectivity index (χ3v) is 1.83. The molecule has 92 valence electrons. The van der Waals surface area contributed by atoms with Crippen LogP contribution in [0.3, 0.4) is 0 Å². The number of methoxy groups -OCH3 is 1. The number of halogens is 1. The molecule has 0 saturated carbocycles. The highest BCUT2D eigenvalue weighted by Crippen LogP contribution is 2.04. The molecule has 1 atom stereocenters. The molecule has 0 aliphatic carbocycles. The van der Waals surface area contributed by atoms with Crippen molar-refractivity contribution in [1.29, 1.82) is 0 Å². The van der Waals surface area contributed by atoms with E-state index in [1.807, 2.05) is 0 Å². The molecule has 0 unspecified atom stereocenters. The Morgan fingerprint density at radius 3 is 2.75 bits per heavy atom. The van der Waals surface area contributed by atoms with Gasteiger partial charge >= 0.3 is 5.97 Å². The minimum absolute atomic E-state index is 0.0736. The molecule has 16 heavy (non-hydrogen) atoms. The van der Waals surface area contributed by atoms with Crippen molar-refractivity contribution in [3.05, 3.63) is 11.9 Å². The van der Waals surface area contributed by atoms with Gasteiger partial charge in [0.05, 0.1) is 19.5 Å². The molecule has 0 aliphatic rings. The molecular formula is C10H18FN3O2. The zero-order valence-corrected chi connectivity index (χ0v) is 9.57. The number of aliphatic imine (C=N–C) groups is 1. The third-order valence-electron chi connectivity index (χ3n) is 1.83. The highest BCUT2D eigenvalue weighted by molar-refractivity contribution is 5.77. The van der Waals surface area contributed by atoms with Crippen LogP contribution in [0.15, 0.2) is 16.9 Å². The van der Waals surface area contributed by atoms with Gasteiger partial charge in [-0.1, -0.05) is 6.08 Å². The zero-order chi connectivity index (χ0) is 12.6. The molecule has 0 fully saturated rings. The summed E-state index contributed by atoms with van der Waals surface area (Å²) in [6.07, 6.45) is 2.04. The molecule has 0 amide bonds. The summed E-state index contributed by atoms with van der Waals surface area (Å²) in [6.45, 7) is 1.51. The van der Waals surface area contributed by atoms with Crippen molar-refractivity contribution in [2.45, 2.75) is 25.8 Å². The first-order valence-electron chi connectivity index (χ1n) is 4.91. The lowest BCUT2D eigenvalue weighted by atomic mass is 10.1. The third kappa shape index (κ3) is 6.94. The molecule has 0 aliphatic heterocycles. The number of esters is 1. The lowest BCUT2D eigenvalue weighted by Crippen LogP contribution is -2.31. The number of amidine groups is 1. The average molecular weight is 231 g/mol. The van der Waals surface area contributed by atoms with Gasteiger partial charge in [-0.3, -0.25) is 9.79 Å². The molecule has 0 aromatic rings. The predicted molar refractivity (Wildman–Crippen MR) is 60.6 cm³/mol. The van der Waals surface area contributed by atoms with E-state index in [9.17, 15) is 9.18 Å². The Kier molecular flexibility index (Phi) is 7.11. The number of ether oxygens (including phenoxy) is 1. The molecule has 0 radical (unpaired) electrons. The number of nitrogens with zero attached hydrogens (tertiary/aromatic N) is 1. The van der Waals surface area contributed by atoms with Gasteiger partial charge in [-0.2, -0.15) is 0 Å². The minimum Gasteiger partial charge on any atom is -0.468 e. The van der Waals surface area contributed by atoms with Gasteiger partial charge in [-0.25, -0.2) is 4.39 Å². The number of nitrogens with two attached hydrogens (primary N) is 2. The van der Waals surface area contributed by atoms with E-state index in [1.165, 1.54) is 13.2 Å². The van der Waals surface area contributed by atoms with Gasteiger partial charge in [0.15, 0.2) is 0 Å². The lowest BCUT2D eigenvalue weighted by molar-refractivity contribution is -0.142. The van der Waals surface area contributed by atoms with E-state index in [4.69, 9.17) is 11.5 Å². The van der Waals surface area contributed by atoms with Gasteiger partial charge in [0.1, 0.15) is 11.9 Å². The molecule has 0 saturated heterocycles. The second-order valence-electron chi connectivity index (χ2n) is 3.32. The Balaban J connectivity index is 3.91. The van der Waals surface area contributed by atoms with Gasteiger partial charge < -0.3 is 16.2 Å². The summed E-state index contributed by atoms with van der Waals surface area (Å²) in [5.74, 6) is -0.554. The first-order valence-corrected chi connectivity index (χ1v) is 4.91. The highest BCUT2D eigenvalue weighted by atomic mass is 19.1. The summed E-state index contributed by atoms with van der Waals surface area (Å²) in [5.41, 5.74) is 10.7. The normalized spacial score (nSPS) is 14.8. The van der Waals surface area contributed by atoms with E-state index in [2.05, 4.69) is 9.73 Å². The van der Waals surface area contributed by atoms with Gasteiger partial charge in [0.2, 0.25) is 0 Å². The fraction of sp³-hybridized carbons (Fsp3) is 0.600. The standard InChI is InChI=1S/C10H18FN3O2/c1-7(12)14-6-8(11)4-3-5-9(13)10(15)16-2/h4,9H,3,5-6,13H2,1-2H3,(H2,12,14)/b8-4+/t9-/m0/s1. The summed E-state index contributed by atoms with van der Waals surface area (Å²) in [7, 11) is 1.26. The van der Waals surface area contributed by atoms with Gasteiger partial charge in [0, 0.05) is 0 Å². The lowest BCUT2D eigenvalue weighted by Gasteiger charge is -2.06. The summed E-state index contributed by atoms with van der Waals surface area (Å²) in [6, 6.07) is -0.714. The van der Waals surface area contributed by atoms with Crippen molar-refractivity contribution in [2.24, 2.45) is 16.5 Å². The number of allylic oxidation sites excluding steroid dienone is 1. The number of rotatable bonds is 6. The molecule has 0 bridgehead atoms. The number of carbonyl (C=O) groups is 1. The summed E-state index contributed by atoms with van der Waals surface area (Å²) in [4.78, 5) is 14.6. The van der Waals surface area contributed by atoms with E-state index in [-0.39, 0.29) is 12.4 Å². The first-order chi connectivity index (χ1) is 7.47. The number of hydrogen-bond acceptors (Lipinski definition) is 4. The van der Waals surface area contributed by atoms with Crippen LogP contribution in [-0.2, 0) is 9.53 Å². The van der Waals surface area contributed by atoms with Crippen LogP contribution in [0.2, 0.25) is 0 Å². The number of hydrogen-bond donors (Lipinski definition) is 2. The zero-order valence-electron chi connectivity index (χ0n) is 9.57. The highest BCUT2D eigenvalue weighted by Gasteiger charge is 2.11. The van der Waals surface area contributed by atoms with Crippen molar-refractivity contribution in [3.63, 3.8) is 0 Å². The minimum atomic E-state index is -0.714. The van der Waals surface area contributed by atoms with Gasteiger partial charge in [-0.05, 0) is 19.8 Å². The van der Waals surface area contributed by atoms with Gasteiger partial charge in [-0.15, -0.1) is 0 Å². The monoisotopic (exact) mass is 231 g/mol. The first kappa shape index (κ1) is 14.6. The Morgan fingerprint density at radius 2 is 2.25 bits per heavy atom. The Labute approximate surface area is 94.3 Å². The van der Waals surface area contributed by atoms with E-state index in [0.717, 1.165) is 0 Å². The fourth-order valence-electron chi connectivity index (χ4n) is 0.954. The molecular weight excluding hydrogens is 213 g/mol. The second kappa shape index (κ2) is 7.81. The van der Waals surface area contributed by atoms with Crippen molar-refractivity contribution < 1.29 is 13.9 Å². The molecule has 0 aromatic carbocycles. The molecule has 6 heteroatoms. The molecule has 0 aromatic heterocycles. The largest absolute Gasteiger partial charge is 0.468 e. The average Bonchev–Trinajstić information content (AvgIpc) is 2.24. The van der Waals surface area contributed by atoms with Crippen LogP contribution in [0.4, 0.5) is 4.39 Å². The Hall–Kier alpha value is -1.43. The SMILES string of the molecule is COC(=O)[C@@H](N)CC/C=C(/F)CN=C(C)N. The fourth-order valence-corrected chi connectivity index (χ4v) is 0.954. The topological polar surface area (TPSA) is 90.7 Å². The van der Waals surface area contributed by atoms with E-state index >= 15 is 0 Å². The van der Waals surface area contributed by atoms with Crippen LogP contribution in [0.1, 0.15) is 19.8 Å². The summed E-state index contributed by atoms with van der Waals surface area (Å²) < 4.78 is 17.5. The molecule has 0 heterocycles. The van der Waals surface area contributed by atoms with E-state index in [0.29, 0.717) is 18.7 Å². The van der Waals surface area contributed by atoms with Crippen molar-refractivity contribution >= 4 is 11.8 Å². The Bertz CT molecular complexity index is 286. The summed E-state index contributed by atoms with van der Waals surface area (Å²) in [5, 5.41) is 0.